The van der Waals surface area contributed by atoms with Crippen LogP contribution in [0.5, 0.6) is 0 Å². The zero-order valence-corrected chi connectivity index (χ0v) is 11.5. The van der Waals surface area contributed by atoms with Gasteiger partial charge in [-0.05, 0) is 30.3 Å². The Hall–Kier alpha value is -2.30. The van der Waals surface area contributed by atoms with Crippen LogP contribution in [0, 0.1) is 0 Å². The molecule has 5 heteroatoms. The van der Waals surface area contributed by atoms with Gasteiger partial charge >= 0.3 is 0 Å². The quantitative estimate of drug-likeness (QED) is 0.797. The highest BCUT2D eigenvalue weighted by Gasteiger charge is 2.19. The first-order valence-electron chi connectivity index (χ1n) is 6.80. The largest absolute Gasteiger partial charge is 0.399 e. The van der Waals surface area contributed by atoms with Crippen molar-refractivity contribution in [3.05, 3.63) is 30.3 Å². The number of hydrogen-bond acceptors (Lipinski definition) is 4. The molecule has 20 heavy (non-hydrogen) atoms. The Morgan fingerprint density at radius 2 is 1.90 bits per heavy atom. The molecular formula is C15H18N4O. The van der Waals surface area contributed by atoms with Crippen LogP contribution in [-0.4, -0.2) is 42.0 Å². The molecule has 2 N–H and O–H groups in total. The number of amides is 1. The summed E-state index contributed by atoms with van der Waals surface area (Å²) < 4.78 is 0. The van der Waals surface area contributed by atoms with Crippen molar-refractivity contribution in [2.75, 3.05) is 36.8 Å². The molecule has 104 valence electrons. The predicted molar refractivity (Wildman–Crippen MR) is 80.6 cm³/mol. The second kappa shape index (κ2) is 5.00. The molecule has 5 nitrogen and oxygen atoms in total. The second-order valence-corrected chi connectivity index (χ2v) is 5.11. The second-order valence-electron chi connectivity index (χ2n) is 5.11. The molecule has 1 amide bonds. The van der Waals surface area contributed by atoms with E-state index in [2.05, 4.69) is 9.88 Å². The summed E-state index contributed by atoms with van der Waals surface area (Å²) >= 11 is 0. The van der Waals surface area contributed by atoms with Crippen LogP contribution < -0.4 is 10.6 Å². The van der Waals surface area contributed by atoms with E-state index < -0.39 is 0 Å². The predicted octanol–water partition coefficient (Wildman–Crippen LogP) is 1.49. The van der Waals surface area contributed by atoms with Gasteiger partial charge in [0.15, 0.2) is 0 Å². The smallest absolute Gasteiger partial charge is 0.219 e. The van der Waals surface area contributed by atoms with E-state index in [0.29, 0.717) is 0 Å². The third-order valence-corrected chi connectivity index (χ3v) is 3.75. The highest BCUT2D eigenvalue weighted by atomic mass is 16.2. The fourth-order valence-corrected chi connectivity index (χ4v) is 2.56. The molecule has 2 aromatic rings. The molecular weight excluding hydrogens is 252 g/mol. The van der Waals surface area contributed by atoms with Gasteiger partial charge in [0.2, 0.25) is 5.91 Å². The minimum absolute atomic E-state index is 0.145. The van der Waals surface area contributed by atoms with Crippen molar-refractivity contribution in [3.63, 3.8) is 0 Å². The first kappa shape index (κ1) is 12.7. The van der Waals surface area contributed by atoms with Crippen LogP contribution in [0.2, 0.25) is 0 Å². The fraction of sp³-hybridized carbons (Fsp3) is 0.333. The molecule has 0 bridgehead atoms. The van der Waals surface area contributed by atoms with Gasteiger partial charge in [-0.1, -0.05) is 0 Å². The average molecular weight is 270 g/mol. The number of piperazine rings is 1. The van der Waals surface area contributed by atoms with Gasteiger partial charge < -0.3 is 15.5 Å². The maximum atomic E-state index is 11.3. The molecule has 3 rings (SSSR count). The van der Waals surface area contributed by atoms with Crippen LogP contribution in [0.15, 0.2) is 30.3 Å². The Kier molecular flexibility index (Phi) is 3.18. The molecule has 1 fully saturated rings. The molecule has 2 heterocycles. The molecule has 1 aliphatic heterocycles. The SMILES string of the molecule is CC(=O)N1CCN(c2ccc3cc(N)ccc3n2)CC1. The van der Waals surface area contributed by atoms with Gasteiger partial charge in [-0.2, -0.15) is 0 Å². The Labute approximate surface area is 118 Å². The average Bonchev–Trinajstić information content (AvgIpc) is 2.47. The zero-order chi connectivity index (χ0) is 14.1. The standard InChI is InChI=1S/C15H18N4O/c1-11(20)18-6-8-19(9-7-18)15-5-2-12-10-13(16)3-4-14(12)17-15/h2-5,10H,6-9,16H2,1H3. The van der Waals surface area contributed by atoms with Gasteiger partial charge in [-0.25, -0.2) is 4.98 Å². The number of nitrogens with two attached hydrogens (primary N) is 1. The molecule has 0 unspecified atom stereocenters. The van der Waals surface area contributed by atoms with E-state index in [0.717, 1.165) is 48.6 Å². The summed E-state index contributed by atoms with van der Waals surface area (Å²) in [7, 11) is 0. The third-order valence-electron chi connectivity index (χ3n) is 3.75. The first-order chi connectivity index (χ1) is 9.63. The number of carbonyl (C=O) groups is 1. The number of nitrogens with zero attached hydrogens (tertiary/aromatic N) is 3. The number of fused-ring (bicyclic) bond motifs is 1. The van der Waals surface area contributed by atoms with E-state index in [1.54, 1.807) is 6.92 Å². The van der Waals surface area contributed by atoms with Crippen LogP contribution in [0.25, 0.3) is 10.9 Å². The maximum absolute atomic E-state index is 11.3. The van der Waals surface area contributed by atoms with Crippen molar-refractivity contribution in [2.24, 2.45) is 0 Å². The minimum atomic E-state index is 0.145. The normalized spacial score (nSPS) is 15.7. The summed E-state index contributed by atoms with van der Waals surface area (Å²) in [5.74, 6) is 1.11. The van der Waals surface area contributed by atoms with Crippen LogP contribution >= 0.6 is 0 Å². The van der Waals surface area contributed by atoms with E-state index in [-0.39, 0.29) is 5.91 Å². The van der Waals surface area contributed by atoms with E-state index >= 15 is 0 Å². The van der Waals surface area contributed by atoms with Gasteiger partial charge in [0, 0.05) is 44.2 Å². The summed E-state index contributed by atoms with van der Waals surface area (Å²) in [5.41, 5.74) is 7.47. The van der Waals surface area contributed by atoms with Crippen LogP contribution in [-0.2, 0) is 4.79 Å². The molecule has 1 aliphatic rings. The van der Waals surface area contributed by atoms with Gasteiger partial charge in [0.05, 0.1) is 5.52 Å². The van der Waals surface area contributed by atoms with Crippen LogP contribution in [0.4, 0.5) is 11.5 Å². The number of anilines is 2. The molecule has 0 radical (unpaired) electrons. The number of benzene rings is 1. The van der Waals surface area contributed by atoms with E-state index in [4.69, 9.17) is 5.73 Å². The number of aromatic nitrogens is 1. The van der Waals surface area contributed by atoms with Gasteiger partial charge in [-0.3, -0.25) is 4.79 Å². The Balaban J connectivity index is 1.81. The molecule has 0 aliphatic carbocycles. The number of hydrogen-bond donors (Lipinski definition) is 1. The lowest BCUT2D eigenvalue weighted by atomic mass is 10.2. The summed E-state index contributed by atoms with van der Waals surface area (Å²) in [6.07, 6.45) is 0. The third kappa shape index (κ3) is 2.39. The lowest BCUT2D eigenvalue weighted by molar-refractivity contribution is -0.129. The Morgan fingerprint density at radius 3 is 2.60 bits per heavy atom. The highest BCUT2D eigenvalue weighted by Crippen LogP contribution is 2.21. The number of nitrogen functional groups attached to an aromatic ring is 1. The van der Waals surface area contributed by atoms with E-state index in [1.807, 2.05) is 35.2 Å². The lowest BCUT2D eigenvalue weighted by Crippen LogP contribution is -2.48. The molecule has 0 atom stereocenters. The topological polar surface area (TPSA) is 62.5 Å². The summed E-state index contributed by atoms with van der Waals surface area (Å²) in [5, 5.41) is 1.05. The molecule has 0 saturated carbocycles. The van der Waals surface area contributed by atoms with Crippen molar-refractivity contribution in [1.82, 2.24) is 9.88 Å². The molecule has 0 spiro atoms. The van der Waals surface area contributed by atoms with Crippen LogP contribution in [0.3, 0.4) is 0 Å². The Morgan fingerprint density at radius 1 is 1.15 bits per heavy atom. The number of rotatable bonds is 1. The number of pyridine rings is 1. The van der Waals surface area contributed by atoms with Crippen molar-refractivity contribution in [2.45, 2.75) is 6.92 Å². The van der Waals surface area contributed by atoms with Crippen LogP contribution in [0.1, 0.15) is 6.92 Å². The molecule has 1 saturated heterocycles. The van der Waals surface area contributed by atoms with Crippen molar-refractivity contribution >= 4 is 28.3 Å². The van der Waals surface area contributed by atoms with Crippen molar-refractivity contribution < 1.29 is 4.79 Å². The fourth-order valence-electron chi connectivity index (χ4n) is 2.56. The highest BCUT2D eigenvalue weighted by molar-refractivity contribution is 5.83. The maximum Gasteiger partial charge on any atom is 0.219 e. The minimum Gasteiger partial charge on any atom is -0.399 e. The monoisotopic (exact) mass is 270 g/mol. The number of carbonyl (C=O) groups excluding carboxylic acids is 1. The van der Waals surface area contributed by atoms with Crippen molar-refractivity contribution in [3.8, 4) is 0 Å². The van der Waals surface area contributed by atoms with Crippen molar-refractivity contribution in [1.29, 1.82) is 0 Å². The summed E-state index contributed by atoms with van der Waals surface area (Å²) in [4.78, 5) is 20.1. The zero-order valence-electron chi connectivity index (χ0n) is 11.5. The van der Waals surface area contributed by atoms with E-state index in [9.17, 15) is 4.79 Å². The van der Waals surface area contributed by atoms with E-state index in [1.165, 1.54) is 0 Å². The Bertz CT molecular complexity index is 647. The molecule has 1 aromatic carbocycles. The van der Waals surface area contributed by atoms with Gasteiger partial charge in [0.25, 0.3) is 0 Å². The summed E-state index contributed by atoms with van der Waals surface area (Å²) in [6.45, 7) is 4.79. The first-order valence-corrected chi connectivity index (χ1v) is 6.80. The van der Waals surface area contributed by atoms with Gasteiger partial charge in [-0.15, -0.1) is 0 Å². The van der Waals surface area contributed by atoms with Gasteiger partial charge in [0.1, 0.15) is 5.82 Å². The summed E-state index contributed by atoms with van der Waals surface area (Å²) in [6, 6.07) is 9.81. The molecule has 1 aromatic heterocycles. The lowest BCUT2D eigenvalue weighted by Gasteiger charge is -2.35.